The lowest BCUT2D eigenvalue weighted by molar-refractivity contribution is -0.131. The van der Waals surface area contributed by atoms with Gasteiger partial charge in [0.2, 0.25) is 5.91 Å². The Bertz CT molecular complexity index is 902. The van der Waals surface area contributed by atoms with Crippen molar-refractivity contribution < 1.29 is 9.53 Å². The molecule has 0 radical (unpaired) electrons. The average molecular weight is 363 g/mol. The van der Waals surface area contributed by atoms with E-state index >= 15 is 0 Å². The molecule has 0 fully saturated rings. The summed E-state index contributed by atoms with van der Waals surface area (Å²) >= 11 is 0. The van der Waals surface area contributed by atoms with Crippen molar-refractivity contribution in [3.05, 3.63) is 59.2 Å². The van der Waals surface area contributed by atoms with Crippen molar-refractivity contribution in [2.75, 3.05) is 26.1 Å². The van der Waals surface area contributed by atoms with Crippen LogP contribution >= 0.6 is 0 Å². The highest BCUT2D eigenvalue weighted by Crippen LogP contribution is 2.44. The van der Waals surface area contributed by atoms with E-state index in [9.17, 15) is 4.79 Å². The first-order chi connectivity index (χ1) is 13.0. The molecule has 1 aliphatic carbocycles. The summed E-state index contributed by atoms with van der Waals surface area (Å²) in [5, 5.41) is 6.44. The Morgan fingerprint density at radius 3 is 2.56 bits per heavy atom. The van der Waals surface area contributed by atoms with Crippen LogP contribution in [0.3, 0.4) is 0 Å². The van der Waals surface area contributed by atoms with Gasteiger partial charge in [-0.05, 0) is 48.2 Å². The first-order valence-corrected chi connectivity index (χ1v) is 9.32. The van der Waals surface area contributed by atoms with E-state index in [4.69, 9.17) is 9.84 Å². The molecular formula is C22H25N3O2. The number of ether oxygens (including phenoxy) is 1. The molecule has 1 aliphatic heterocycles. The third kappa shape index (κ3) is 2.97. The van der Waals surface area contributed by atoms with Gasteiger partial charge in [-0.1, -0.05) is 18.2 Å². The van der Waals surface area contributed by atoms with E-state index in [0.29, 0.717) is 0 Å². The Morgan fingerprint density at radius 2 is 1.93 bits per heavy atom. The van der Waals surface area contributed by atoms with Gasteiger partial charge in [0.05, 0.1) is 18.9 Å². The molecule has 0 saturated carbocycles. The van der Waals surface area contributed by atoms with Crippen LogP contribution in [0.1, 0.15) is 36.1 Å². The summed E-state index contributed by atoms with van der Waals surface area (Å²) in [7, 11) is 5.73. The second-order valence-corrected chi connectivity index (χ2v) is 7.45. The number of hydrogen-bond donors (Lipinski definition) is 0. The molecule has 0 bridgehead atoms. The highest BCUT2D eigenvalue weighted by Gasteiger charge is 2.43. The molecule has 2 aliphatic rings. The second-order valence-electron chi connectivity index (χ2n) is 7.45. The maximum Gasteiger partial charge on any atom is 0.240 e. The minimum Gasteiger partial charge on any atom is -0.497 e. The van der Waals surface area contributed by atoms with Gasteiger partial charge in [-0.25, -0.2) is 5.01 Å². The van der Waals surface area contributed by atoms with Gasteiger partial charge in [-0.15, -0.1) is 0 Å². The Kier molecular flexibility index (Phi) is 4.38. The fraction of sp³-hybridized carbons (Fsp3) is 0.364. The van der Waals surface area contributed by atoms with Crippen LogP contribution in [-0.2, 0) is 11.2 Å². The van der Waals surface area contributed by atoms with Gasteiger partial charge in [0.15, 0.2) is 0 Å². The van der Waals surface area contributed by atoms with Crippen LogP contribution in [0.4, 0.5) is 5.69 Å². The van der Waals surface area contributed by atoms with Crippen LogP contribution in [0.25, 0.3) is 0 Å². The molecule has 0 aromatic heterocycles. The van der Waals surface area contributed by atoms with E-state index in [0.717, 1.165) is 41.1 Å². The van der Waals surface area contributed by atoms with Crippen molar-refractivity contribution in [1.29, 1.82) is 0 Å². The molecule has 2 aromatic carbocycles. The fourth-order valence-corrected chi connectivity index (χ4v) is 4.18. The molecule has 5 nitrogen and oxygen atoms in total. The number of aryl methyl sites for hydroxylation is 1. The van der Waals surface area contributed by atoms with Crippen LogP contribution in [-0.4, -0.2) is 37.8 Å². The largest absolute Gasteiger partial charge is 0.497 e. The van der Waals surface area contributed by atoms with E-state index in [2.05, 4.69) is 41.3 Å². The number of nitrogens with zero attached hydrogens (tertiary/aromatic N) is 3. The zero-order valence-electron chi connectivity index (χ0n) is 16.3. The van der Waals surface area contributed by atoms with Gasteiger partial charge in [0, 0.05) is 38.2 Å². The molecule has 27 heavy (non-hydrogen) atoms. The second kappa shape index (κ2) is 6.72. The van der Waals surface area contributed by atoms with Gasteiger partial charge >= 0.3 is 0 Å². The van der Waals surface area contributed by atoms with Gasteiger partial charge in [0.25, 0.3) is 0 Å². The molecule has 4 rings (SSSR count). The zero-order valence-corrected chi connectivity index (χ0v) is 16.3. The van der Waals surface area contributed by atoms with Crippen molar-refractivity contribution in [3.8, 4) is 5.75 Å². The number of hydrazone groups is 1. The highest BCUT2D eigenvalue weighted by molar-refractivity contribution is 6.07. The van der Waals surface area contributed by atoms with Crippen molar-refractivity contribution >= 4 is 17.3 Å². The van der Waals surface area contributed by atoms with E-state index in [1.807, 2.05) is 20.2 Å². The van der Waals surface area contributed by atoms with E-state index in [1.165, 1.54) is 5.56 Å². The molecule has 2 aromatic rings. The fourth-order valence-electron chi connectivity index (χ4n) is 4.18. The van der Waals surface area contributed by atoms with Crippen LogP contribution in [0.2, 0.25) is 0 Å². The van der Waals surface area contributed by atoms with Gasteiger partial charge in [-0.3, -0.25) is 4.79 Å². The maximum atomic E-state index is 12.4. The smallest absolute Gasteiger partial charge is 0.240 e. The molecule has 5 heteroatoms. The lowest BCUT2D eigenvalue weighted by Gasteiger charge is -2.29. The summed E-state index contributed by atoms with van der Waals surface area (Å²) in [5.41, 5.74) is 5.67. The molecule has 2 atom stereocenters. The Balaban J connectivity index is 1.75. The minimum atomic E-state index is -0.0481. The van der Waals surface area contributed by atoms with Gasteiger partial charge in [-0.2, -0.15) is 5.10 Å². The van der Waals surface area contributed by atoms with Crippen molar-refractivity contribution in [2.45, 2.75) is 25.8 Å². The number of rotatable bonds is 3. The van der Waals surface area contributed by atoms with E-state index < -0.39 is 0 Å². The molecule has 0 unspecified atom stereocenters. The Hall–Kier alpha value is -2.82. The summed E-state index contributed by atoms with van der Waals surface area (Å²) in [6.07, 6.45) is 1.98. The molecule has 1 heterocycles. The Morgan fingerprint density at radius 1 is 1.19 bits per heavy atom. The quantitative estimate of drug-likeness (QED) is 0.836. The molecule has 140 valence electrons. The average Bonchev–Trinajstić information content (AvgIpc) is 3.08. The van der Waals surface area contributed by atoms with Crippen molar-refractivity contribution in [1.82, 2.24) is 5.01 Å². The summed E-state index contributed by atoms with van der Waals surface area (Å²) in [4.78, 5) is 14.4. The monoisotopic (exact) mass is 363 g/mol. The van der Waals surface area contributed by atoms with E-state index in [-0.39, 0.29) is 17.9 Å². The van der Waals surface area contributed by atoms with Crippen molar-refractivity contribution in [3.63, 3.8) is 0 Å². The number of amides is 1. The minimum absolute atomic E-state index is 0.0250. The van der Waals surface area contributed by atoms with Crippen molar-refractivity contribution in [2.24, 2.45) is 11.0 Å². The topological polar surface area (TPSA) is 45.1 Å². The molecule has 1 amide bonds. The highest BCUT2D eigenvalue weighted by atomic mass is 16.5. The van der Waals surface area contributed by atoms with Gasteiger partial charge in [0.1, 0.15) is 5.75 Å². The maximum absolute atomic E-state index is 12.4. The third-order valence-corrected chi connectivity index (χ3v) is 5.60. The third-order valence-electron chi connectivity index (χ3n) is 5.60. The normalized spacial score (nSPS) is 20.6. The first kappa shape index (κ1) is 17.6. The molecular weight excluding hydrogens is 338 g/mol. The standard InChI is InChI=1S/C22H25N3O2/c1-14(26)25-22(16-5-9-17(10-6-16)24(2)3)19-12-8-15-7-11-18(27-4)13-20(15)21(19)23-25/h5-7,9-11,13,19,22H,8,12H2,1-4H3/t19-,22+/m1/s1. The number of fused-ring (bicyclic) bond motifs is 3. The predicted molar refractivity (Wildman–Crippen MR) is 107 cm³/mol. The van der Waals surface area contributed by atoms with Crippen LogP contribution in [0.15, 0.2) is 47.6 Å². The van der Waals surface area contributed by atoms with Crippen LogP contribution in [0, 0.1) is 5.92 Å². The summed E-state index contributed by atoms with van der Waals surface area (Å²) in [6.45, 7) is 1.59. The summed E-state index contributed by atoms with van der Waals surface area (Å²) < 4.78 is 5.41. The first-order valence-electron chi connectivity index (χ1n) is 9.32. The molecule has 0 saturated heterocycles. The number of methoxy groups -OCH3 is 1. The molecule has 0 spiro atoms. The Labute approximate surface area is 160 Å². The summed E-state index contributed by atoms with van der Waals surface area (Å²) in [6, 6.07) is 14.6. The van der Waals surface area contributed by atoms with Crippen LogP contribution < -0.4 is 9.64 Å². The van der Waals surface area contributed by atoms with E-state index in [1.54, 1.807) is 19.0 Å². The number of carbonyl (C=O) groups excluding carboxylic acids is 1. The number of hydrogen-bond acceptors (Lipinski definition) is 4. The van der Waals surface area contributed by atoms with Gasteiger partial charge < -0.3 is 9.64 Å². The SMILES string of the molecule is COc1ccc2c(c1)C1=NN(C(C)=O)[C@@H](c3ccc(N(C)C)cc3)[C@@H]1CC2. The lowest BCUT2D eigenvalue weighted by atomic mass is 9.77. The number of benzene rings is 2. The summed E-state index contributed by atoms with van der Waals surface area (Å²) in [5.74, 6) is 1.01. The predicted octanol–water partition coefficient (Wildman–Crippen LogP) is 3.63. The molecule has 0 N–H and O–H groups in total. The number of carbonyl (C=O) groups is 1. The lowest BCUT2D eigenvalue weighted by Crippen LogP contribution is -2.31. The number of anilines is 1. The zero-order chi connectivity index (χ0) is 19.1. The van der Waals surface area contributed by atoms with Crippen LogP contribution in [0.5, 0.6) is 5.75 Å².